The summed E-state index contributed by atoms with van der Waals surface area (Å²) in [6, 6.07) is 1.86. The molecule has 0 amide bonds. The smallest absolute Gasteiger partial charge is 0.151 e. The quantitative estimate of drug-likeness (QED) is 0.423. The van der Waals surface area contributed by atoms with Gasteiger partial charge in [-0.3, -0.25) is 4.79 Å². The summed E-state index contributed by atoms with van der Waals surface area (Å²) in [5, 5.41) is 0.997. The maximum Gasteiger partial charge on any atom is 0.151 e. The van der Waals surface area contributed by atoms with Crippen molar-refractivity contribution in [1.82, 2.24) is 4.98 Å². The first-order valence-electron chi connectivity index (χ1n) is 4.81. The van der Waals surface area contributed by atoms with Gasteiger partial charge in [-0.1, -0.05) is 0 Å². The lowest BCUT2D eigenvalue weighted by atomic mass is 10.2. The summed E-state index contributed by atoms with van der Waals surface area (Å²) >= 11 is 1.70. The highest BCUT2D eigenvalue weighted by molar-refractivity contribution is 7.99. The van der Waals surface area contributed by atoms with Crippen LogP contribution in [0.5, 0.6) is 0 Å². The molecule has 0 N–H and O–H groups in total. The van der Waals surface area contributed by atoms with Crippen molar-refractivity contribution in [3.63, 3.8) is 0 Å². The molecule has 0 radical (unpaired) electrons. The lowest BCUT2D eigenvalue weighted by Crippen LogP contribution is -1.93. The number of carbonyl (C=O) groups excluding carboxylic acids is 1. The van der Waals surface area contributed by atoms with Gasteiger partial charge in [-0.2, -0.15) is 0 Å². The summed E-state index contributed by atoms with van der Waals surface area (Å²) in [6.45, 7) is 2.75. The molecular formula is C11H15NO2S. The second kappa shape index (κ2) is 6.58. The Bertz CT molecular complexity index is 328. The highest BCUT2D eigenvalue weighted by Gasteiger charge is 2.01. The van der Waals surface area contributed by atoms with Crippen LogP contribution in [0, 0.1) is 6.92 Å². The molecule has 0 atom stereocenters. The Kier molecular flexibility index (Phi) is 5.36. The Morgan fingerprint density at radius 2 is 2.40 bits per heavy atom. The fraction of sp³-hybridized carbons (Fsp3) is 0.455. The first-order chi connectivity index (χ1) is 7.27. The van der Waals surface area contributed by atoms with Crippen LogP contribution in [0.2, 0.25) is 0 Å². The van der Waals surface area contributed by atoms with E-state index in [1.165, 1.54) is 0 Å². The third kappa shape index (κ3) is 4.01. The summed E-state index contributed by atoms with van der Waals surface area (Å²) in [4.78, 5) is 14.7. The Hall–Kier alpha value is -0.870. The van der Waals surface area contributed by atoms with Gasteiger partial charge >= 0.3 is 0 Å². The van der Waals surface area contributed by atoms with Crippen LogP contribution >= 0.6 is 11.8 Å². The molecule has 0 saturated carbocycles. The summed E-state index contributed by atoms with van der Waals surface area (Å²) in [5.41, 5.74) is 1.69. The van der Waals surface area contributed by atoms with E-state index in [0.717, 1.165) is 35.7 Å². The first kappa shape index (κ1) is 12.2. The summed E-state index contributed by atoms with van der Waals surface area (Å²) < 4.78 is 4.97. The molecule has 0 fully saturated rings. The first-order valence-corrected chi connectivity index (χ1v) is 5.80. The fourth-order valence-corrected chi connectivity index (χ4v) is 2.04. The predicted octanol–water partition coefficient (Wildman–Crippen LogP) is 2.33. The molecule has 0 aromatic carbocycles. The second-order valence-corrected chi connectivity index (χ2v) is 4.29. The van der Waals surface area contributed by atoms with Gasteiger partial charge in [0.25, 0.3) is 0 Å². The number of hydrogen-bond acceptors (Lipinski definition) is 4. The van der Waals surface area contributed by atoms with Gasteiger partial charge in [0, 0.05) is 31.2 Å². The molecule has 82 valence electrons. The van der Waals surface area contributed by atoms with Crippen molar-refractivity contribution in [2.45, 2.75) is 18.4 Å². The molecule has 3 nitrogen and oxygen atoms in total. The number of methoxy groups -OCH3 is 1. The topological polar surface area (TPSA) is 39.2 Å². The van der Waals surface area contributed by atoms with E-state index in [-0.39, 0.29) is 0 Å². The molecule has 1 heterocycles. The molecule has 15 heavy (non-hydrogen) atoms. The van der Waals surface area contributed by atoms with Crippen LogP contribution in [-0.2, 0) is 4.74 Å². The zero-order chi connectivity index (χ0) is 11.1. The highest BCUT2D eigenvalue weighted by Crippen LogP contribution is 2.20. The minimum absolute atomic E-state index is 0.633. The number of aromatic nitrogens is 1. The maximum absolute atomic E-state index is 10.5. The van der Waals surface area contributed by atoms with Crippen molar-refractivity contribution in [2.75, 3.05) is 19.5 Å². The fourth-order valence-electron chi connectivity index (χ4n) is 1.17. The van der Waals surface area contributed by atoms with Crippen molar-refractivity contribution in [1.29, 1.82) is 0 Å². The van der Waals surface area contributed by atoms with E-state index in [9.17, 15) is 4.79 Å². The van der Waals surface area contributed by atoms with Gasteiger partial charge in [0.05, 0.1) is 5.03 Å². The van der Waals surface area contributed by atoms with Crippen LogP contribution in [0.4, 0.5) is 0 Å². The normalized spacial score (nSPS) is 10.3. The van der Waals surface area contributed by atoms with E-state index in [4.69, 9.17) is 4.74 Å². The van der Waals surface area contributed by atoms with Gasteiger partial charge < -0.3 is 4.74 Å². The summed E-state index contributed by atoms with van der Waals surface area (Å²) in [5.74, 6) is 0.988. The standard InChI is InChI=1S/C11H15NO2S/c1-9-6-10(8-13)7-12-11(9)15-5-3-4-14-2/h6-8H,3-5H2,1-2H3. The SMILES string of the molecule is COCCCSc1ncc(C=O)cc1C. The molecule has 0 aliphatic heterocycles. The van der Waals surface area contributed by atoms with E-state index >= 15 is 0 Å². The van der Waals surface area contributed by atoms with E-state index in [1.807, 2.05) is 13.0 Å². The lowest BCUT2D eigenvalue weighted by molar-refractivity contribution is 0.112. The van der Waals surface area contributed by atoms with Crippen LogP contribution in [-0.4, -0.2) is 30.7 Å². The minimum atomic E-state index is 0.633. The predicted molar refractivity (Wildman–Crippen MR) is 61.6 cm³/mol. The van der Waals surface area contributed by atoms with Crippen molar-refractivity contribution < 1.29 is 9.53 Å². The molecule has 0 saturated heterocycles. The third-order valence-electron chi connectivity index (χ3n) is 1.92. The maximum atomic E-state index is 10.5. The van der Waals surface area contributed by atoms with Crippen molar-refractivity contribution >= 4 is 18.0 Å². The average Bonchev–Trinajstić information content (AvgIpc) is 2.26. The van der Waals surface area contributed by atoms with Crippen LogP contribution in [0.15, 0.2) is 17.3 Å². The van der Waals surface area contributed by atoms with Gasteiger partial charge in [-0.15, -0.1) is 11.8 Å². The molecule has 0 aliphatic carbocycles. The molecule has 4 heteroatoms. The number of aryl methyl sites for hydroxylation is 1. The van der Waals surface area contributed by atoms with Crippen molar-refractivity contribution in [2.24, 2.45) is 0 Å². The van der Waals surface area contributed by atoms with Gasteiger partial charge in [0.15, 0.2) is 6.29 Å². The number of pyridine rings is 1. The molecular weight excluding hydrogens is 210 g/mol. The largest absolute Gasteiger partial charge is 0.385 e. The Balaban J connectivity index is 2.50. The average molecular weight is 225 g/mol. The molecule has 1 aromatic rings. The van der Waals surface area contributed by atoms with Gasteiger partial charge in [-0.25, -0.2) is 4.98 Å². The molecule has 1 aromatic heterocycles. The van der Waals surface area contributed by atoms with Gasteiger partial charge in [0.2, 0.25) is 0 Å². The highest BCUT2D eigenvalue weighted by atomic mass is 32.2. The van der Waals surface area contributed by atoms with Crippen LogP contribution in [0.3, 0.4) is 0 Å². The van der Waals surface area contributed by atoms with Crippen molar-refractivity contribution in [3.8, 4) is 0 Å². The van der Waals surface area contributed by atoms with Gasteiger partial charge in [0.1, 0.15) is 0 Å². The number of aldehydes is 1. The minimum Gasteiger partial charge on any atom is -0.385 e. The number of carbonyl (C=O) groups is 1. The number of ether oxygens (including phenoxy) is 1. The number of rotatable bonds is 6. The Morgan fingerprint density at radius 1 is 1.60 bits per heavy atom. The molecule has 0 unspecified atom stereocenters. The summed E-state index contributed by atoms with van der Waals surface area (Å²) in [7, 11) is 1.70. The third-order valence-corrected chi connectivity index (χ3v) is 3.11. The number of nitrogens with zero attached hydrogens (tertiary/aromatic N) is 1. The zero-order valence-corrected chi connectivity index (χ0v) is 9.84. The molecule has 0 spiro atoms. The Morgan fingerprint density at radius 3 is 3.00 bits per heavy atom. The molecule has 0 bridgehead atoms. The zero-order valence-electron chi connectivity index (χ0n) is 9.03. The monoisotopic (exact) mass is 225 g/mol. The van der Waals surface area contributed by atoms with E-state index in [2.05, 4.69) is 4.98 Å². The summed E-state index contributed by atoms with van der Waals surface area (Å²) in [6.07, 6.45) is 3.44. The van der Waals surface area contributed by atoms with Crippen molar-refractivity contribution in [3.05, 3.63) is 23.4 Å². The van der Waals surface area contributed by atoms with E-state index < -0.39 is 0 Å². The second-order valence-electron chi connectivity index (χ2n) is 3.20. The van der Waals surface area contributed by atoms with Gasteiger partial charge in [-0.05, 0) is 25.0 Å². The van der Waals surface area contributed by atoms with Crippen LogP contribution in [0.25, 0.3) is 0 Å². The van der Waals surface area contributed by atoms with Crippen LogP contribution < -0.4 is 0 Å². The number of hydrogen-bond donors (Lipinski definition) is 0. The van der Waals surface area contributed by atoms with E-state index in [0.29, 0.717) is 5.56 Å². The van der Waals surface area contributed by atoms with E-state index in [1.54, 1.807) is 25.1 Å². The lowest BCUT2D eigenvalue weighted by Gasteiger charge is -2.04. The molecule has 1 rings (SSSR count). The Labute approximate surface area is 94.2 Å². The number of thioether (sulfide) groups is 1. The molecule has 0 aliphatic rings. The van der Waals surface area contributed by atoms with Crippen LogP contribution in [0.1, 0.15) is 22.3 Å².